The molecule has 0 aromatic carbocycles. The van der Waals surface area contributed by atoms with Gasteiger partial charge in [0.1, 0.15) is 11.3 Å². The Morgan fingerprint density at radius 3 is 3.00 bits per heavy atom. The number of carbonyl (C=O) groups is 1. The Morgan fingerprint density at radius 1 is 1.69 bits per heavy atom. The fraction of sp³-hybridized carbons (Fsp3) is 0.636. The monoisotopic (exact) mass is 242 g/mol. The molecule has 1 aliphatic heterocycles. The topological polar surface area (TPSA) is 46.3 Å². The third kappa shape index (κ3) is 2.07. The van der Waals surface area contributed by atoms with E-state index in [1.807, 2.05) is 0 Å². The summed E-state index contributed by atoms with van der Waals surface area (Å²) in [6.07, 6.45) is 2.42. The molecule has 1 aromatic heterocycles. The van der Waals surface area contributed by atoms with Gasteiger partial charge >= 0.3 is 0 Å². The zero-order chi connectivity index (χ0) is 11.7. The lowest BCUT2D eigenvalue weighted by Crippen LogP contribution is -2.43. The molecule has 0 saturated carbocycles. The Kier molecular flexibility index (Phi) is 3.19. The molecule has 5 heteroatoms. The summed E-state index contributed by atoms with van der Waals surface area (Å²) in [6, 6.07) is 0. The van der Waals surface area contributed by atoms with Gasteiger partial charge in [0.2, 0.25) is 0 Å². The van der Waals surface area contributed by atoms with Gasteiger partial charge in [-0.2, -0.15) is 0 Å². The van der Waals surface area contributed by atoms with Crippen molar-refractivity contribution in [3.63, 3.8) is 0 Å². The maximum Gasteiger partial charge on any atom is 0.259 e. The molecule has 2 heterocycles. The molecular weight excluding hydrogens is 228 g/mol. The molecule has 0 spiro atoms. The summed E-state index contributed by atoms with van der Waals surface area (Å²) < 4.78 is 4.89. The maximum absolute atomic E-state index is 12.1. The zero-order valence-electron chi connectivity index (χ0n) is 9.44. The van der Waals surface area contributed by atoms with Gasteiger partial charge in [-0.3, -0.25) is 4.79 Å². The number of nitrogens with zero attached hydrogens (tertiary/aromatic N) is 2. The summed E-state index contributed by atoms with van der Waals surface area (Å²) in [7, 11) is 0. The van der Waals surface area contributed by atoms with Crippen molar-refractivity contribution in [2.45, 2.75) is 25.6 Å². The van der Waals surface area contributed by atoms with Crippen molar-refractivity contribution in [1.29, 1.82) is 0 Å². The Balaban J connectivity index is 2.09. The van der Waals surface area contributed by atoms with Crippen LogP contribution >= 0.6 is 11.6 Å². The maximum atomic E-state index is 12.1. The van der Waals surface area contributed by atoms with E-state index in [-0.39, 0.29) is 11.3 Å². The number of hydrogen-bond donors (Lipinski definition) is 0. The van der Waals surface area contributed by atoms with Gasteiger partial charge < -0.3 is 9.42 Å². The van der Waals surface area contributed by atoms with E-state index in [1.54, 1.807) is 11.8 Å². The third-order valence-corrected chi connectivity index (χ3v) is 3.70. The fourth-order valence-electron chi connectivity index (χ4n) is 1.88. The molecule has 1 fully saturated rings. The van der Waals surface area contributed by atoms with Crippen LogP contribution in [0.25, 0.3) is 0 Å². The molecule has 1 aromatic rings. The molecule has 1 amide bonds. The number of hydrogen-bond acceptors (Lipinski definition) is 3. The second-order valence-corrected chi connectivity index (χ2v) is 4.89. The quantitative estimate of drug-likeness (QED) is 0.709. The number of amides is 1. The Hall–Kier alpha value is -1.03. The van der Waals surface area contributed by atoms with Crippen molar-refractivity contribution in [3.8, 4) is 0 Å². The number of alkyl halides is 1. The van der Waals surface area contributed by atoms with Crippen LogP contribution in [0.4, 0.5) is 0 Å². The van der Waals surface area contributed by atoms with Crippen LogP contribution in [-0.4, -0.2) is 34.4 Å². The highest BCUT2D eigenvalue weighted by Gasteiger charge is 2.29. The molecule has 16 heavy (non-hydrogen) atoms. The van der Waals surface area contributed by atoms with E-state index in [9.17, 15) is 4.79 Å². The Morgan fingerprint density at radius 2 is 2.44 bits per heavy atom. The Bertz CT molecular complexity index is 391. The molecular formula is C11H15ClN2O2. The van der Waals surface area contributed by atoms with Gasteiger partial charge in [0, 0.05) is 13.1 Å². The lowest BCUT2D eigenvalue weighted by atomic mass is 9.98. The van der Waals surface area contributed by atoms with Crippen molar-refractivity contribution in [3.05, 3.63) is 17.5 Å². The summed E-state index contributed by atoms with van der Waals surface area (Å²) in [5.41, 5.74) is 0.540. The van der Waals surface area contributed by atoms with Crippen molar-refractivity contribution in [2.24, 2.45) is 5.92 Å². The molecule has 0 bridgehead atoms. The normalized spacial score (nSPS) is 25.8. The average Bonchev–Trinajstić information content (AvgIpc) is 2.67. The van der Waals surface area contributed by atoms with Gasteiger partial charge in [-0.15, -0.1) is 11.6 Å². The number of aryl methyl sites for hydroxylation is 1. The van der Waals surface area contributed by atoms with Crippen LogP contribution in [0.15, 0.2) is 10.7 Å². The van der Waals surface area contributed by atoms with Crippen molar-refractivity contribution >= 4 is 17.5 Å². The highest BCUT2D eigenvalue weighted by molar-refractivity contribution is 6.21. The number of rotatable bonds is 1. The minimum absolute atomic E-state index is 0.0312. The van der Waals surface area contributed by atoms with Crippen molar-refractivity contribution < 1.29 is 9.32 Å². The first kappa shape index (κ1) is 11.5. The number of aromatic nitrogens is 1. The number of halogens is 1. The first-order chi connectivity index (χ1) is 7.59. The van der Waals surface area contributed by atoms with Crippen molar-refractivity contribution in [1.82, 2.24) is 10.1 Å². The second kappa shape index (κ2) is 4.45. The van der Waals surface area contributed by atoms with Crippen LogP contribution < -0.4 is 0 Å². The van der Waals surface area contributed by atoms with Crippen LogP contribution in [-0.2, 0) is 0 Å². The van der Waals surface area contributed by atoms with Crippen molar-refractivity contribution in [2.75, 3.05) is 13.1 Å². The van der Waals surface area contributed by atoms with Gasteiger partial charge in [0.15, 0.2) is 0 Å². The van der Waals surface area contributed by atoms with E-state index >= 15 is 0 Å². The molecule has 4 nitrogen and oxygen atoms in total. The number of likely N-dealkylation sites (tertiary alicyclic amines) is 1. The van der Waals surface area contributed by atoms with E-state index in [0.717, 1.165) is 13.0 Å². The lowest BCUT2D eigenvalue weighted by Gasteiger charge is -2.33. The minimum atomic E-state index is -0.0312. The predicted octanol–water partition coefficient (Wildman–Crippen LogP) is 2.07. The summed E-state index contributed by atoms with van der Waals surface area (Å²) in [5, 5.41) is 3.66. The Labute approximate surface area is 99.5 Å². The highest BCUT2D eigenvalue weighted by atomic mass is 35.5. The van der Waals surface area contributed by atoms with Crippen LogP contribution in [0.5, 0.6) is 0 Å². The minimum Gasteiger partial charge on any atom is -0.361 e. The van der Waals surface area contributed by atoms with E-state index in [0.29, 0.717) is 23.8 Å². The average molecular weight is 243 g/mol. The smallest absolute Gasteiger partial charge is 0.259 e. The zero-order valence-corrected chi connectivity index (χ0v) is 10.2. The third-order valence-electron chi connectivity index (χ3n) is 3.13. The van der Waals surface area contributed by atoms with Gasteiger partial charge in [0.05, 0.1) is 11.6 Å². The van der Waals surface area contributed by atoms with Gasteiger partial charge in [-0.25, -0.2) is 0 Å². The number of carbonyl (C=O) groups excluding carboxylic acids is 1. The summed E-state index contributed by atoms with van der Waals surface area (Å²) in [5.74, 6) is 1.00. The summed E-state index contributed by atoms with van der Waals surface area (Å²) >= 11 is 6.17. The number of piperidine rings is 1. The van der Waals surface area contributed by atoms with Crippen LogP contribution in [0.2, 0.25) is 0 Å². The molecule has 2 unspecified atom stereocenters. The molecule has 0 N–H and O–H groups in total. The molecule has 2 rings (SSSR count). The molecule has 0 aliphatic carbocycles. The van der Waals surface area contributed by atoms with Gasteiger partial charge in [-0.1, -0.05) is 12.1 Å². The second-order valence-electron chi connectivity index (χ2n) is 4.33. The van der Waals surface area contributed by atoms with Gasteiger partial charge in [0.25, 0.3) is 5.91 Å². The molecule has 1 saturated heterocycles. The fourth-order valence-corrected chi connectivity index (χ4v) is 2.17. The first-order valence-corrected chi connectivity index (χ1v) is 5.88. The molecule has 88 valence electrons. The van der Waals surface area contributed by atoms with E-state index in [2.05, 4.69) is 12.1 Å². The predicted molar refractivity (Wildman–Crippen MR) is 60.6 cm³/mol. The summed E-state index contributed by atoms with van der Waals surface area (Å²) in [4.78, 5) is 13.9. The molecule has 0 radical (unpaired) electrons. The largest absolute Gasteiger partial charge is 0.361 e. The van der Waals surface area contributed by atoms with Gasteiger partial charge in [-0.05, 0) is 19.3 Å². The van der Waals surface area contributed by atoms with E-state index in [1.165, 1.54) is 6.20 Å². The molecule has 2 atom stereocenters. The highest BCUT2D eigenvalue weighted by Crippen LogP contribution is 2.23. The standard InChI is InChI=1S/C11H15ClN2O2/c1-7-3-4-14(6-10(7)12)11(15)9-5-13-16-8(9)2/h5,7,10H,3-4,6H2,1-2H3. The van der Waals surface area contributed by atoms with E-state index < -0.39 is 0 Å². The first-order valence-electron chi connectivity index (χ1n) is 5.44. The SMILES string of the molecule is Cc1oncc1C(=O)N1CCC(C)C(Cl)C1. The molecule has 1 aliphatic rings. The summed E-state index contributed by atoms with van der Waals surface area (Å²) in [6.45, 7) is 5.22. The van der Waals surface area contributed by atoms with Crippen LogP contribution in [0, 0.1) is 12.8 Å². The van der Waals surface area contributed by atoms with Crippen LogP contribution in [0.1, 0.15) is 29.5 Å². The lowest BCUT2D eigenvalue weighted by molar-refractivity contribution is 0.0699. The van der Waals surface area contributed by atoms with Crippen LogP contribution in [0.3, 0.4) is 0 Å². The van der Waals surface area contributed by atoms with E-state index in [4.69, 9.17) is 16.1 Å².